The predicted octanol–water partition coefficient (Wildman–Crippen LogP) is 2.02. The molecule has 6 heteroatoms. The summed E-state index contributed by atoms with van der Waals surface area (Å²) in [5, 5.41) is 0. The molecular weight excluding hydrogens is 280 g/mol. The van der Waals surface area contributed by atoms with Gasteiger partial charge in [-0.25, -0.2) is 8.42 Å². The third kappa shape index (κ3) is 3.17. The smallest absolute Gasteiger partial charge is 0.232 e. The minimum atomic E-state index is -3.26. The maximum absolute atomic E-state index is 11.6. The summed E-state index contributed by atoms with van der Waals surface area (Å²) >= 11 is 3.26. The van der Waals surface area contributed by atoms with Crippen LogP contribution in [0.25, 0.3) is 0 Å². The van der Waals surface area contributed by atoms with Crippen LogP contribution in [-0.2, 0) is 10.0 Å². The minimum Gasteiger partial charge on any atom is -0.266 e. The van der Waals surface area contributed by atoms with Crippen LogP contribution in [0.3, 0.4) is 0 Å². The van der Waals surface area contributed by atoms with E-state index in [1.54, 1.807) is 12.3 Å². The summed E-state index contributed by atoms with van der Waals surface area (Å²) in [6.45, 7) is 3.64. The van der Waals surface area contributed by atoms with E-state index in [0.29, 0.717) is 5.69 Å². The second-order valence-electron chi connectivity index (χ2n) is 3.51. The minimum absolute atomic E-state index is 0.129. The summed E-state index contributed by atoms with van der Waals surface area (Å²) in [6, 6.07) is 1.60. The lowest BCUT2D eigenvalue weighted by Gasteiger charge is -2.26. The SMILES string of the molecule is CC(C)N(c1cncc(Br)c1)S(C)(=O)=O. The van der Waals surface area contributed by atoms with Crippen molar-refractivity contribution in [2.24, 2.45) is 0 Å². The Morgan fingerprint density at radius 1 is 1.40 bits per heavy atom. The summed E-state index contributed by atoms with van der Waals surface area (Å²) in [7, 11) is -3.26. The fourth-order valence-corrected chi connectivity index (χ4v) is 3.00. The lowest BCUT2D eigenvalue weighted by Crippen LogP contribution is -2.36. The third-order valence-electron chi connectivity index (χ3n) is 1.77. The van der Waals surface area contributed by atoms with Crippen molar-refractivity contribution >= 4 is 31.6 Å². The molecule has 0 saturated heterocycles. The maximum Gasteiger partial charge on any atom is 0.232 e. The zero-order valence-electron chi connectivity index (χ0n) is 8.81. The van der Waals surface area contributed by atoms with Crippen molar-refractivity contribution in [3.8, 4) is 0 Å². The summed E-state index contributed by atoms with van der Waals surface area (Å²) < 4.78 is 25.2. The van der Waals surface area contributed by atoms with Crippen LogP contribution in [0.2, 0.25) is 0 Å². The van der Waals surface area contributed by atoms with Crippen molar-refractivity contribution in [3.63, 3.8) is 0 Å². The number of hydrogen-bond donors (Lipinski definition) is 0. The molecule has 1 aromatic rings. The molecule has 0 unspecified atom stereocenters. The Balaban J connectivity index is 3.23. The molecule has 0 spiro atoms. The molecule has 0 saturated carbocycles. The van der Waals surface area contributed by atoms with Gasteiger partial charge in [0.2, 0.25) is 10.0 Å². The molecule has 0 aliphatic heterocycles. The van der Waals surface area contributed by atoms with Crippen molar-refractivity contribution in [1.82, 2.24) is 4.98 Å². The largest absolute Gasteiger partial charge is 0.266 e. The Morgan fingerprint density at radius 3 is 2.40 bits per heavy atom. The van der Waals surface area contributed by atoms with Gasteiger partial charge in [-0.05, 0) is 35.8 Å². The summed E-state index contributed by atoms with van der Waals surface area (Å²) in [5.41, 5.74) is 0.571. The average molecular weight is 293 g/mol. The van der Waals surface area contributed by atoms with E-state index in [0.717, 1.165) is 4.47 Å². The van der Waals surface area contributed by atoms with Gasteiger partial charge < -0.3 is 0 Å². The van der Waals surface area contributed by atoms with E-state index < -0.39 is 10.0 Å². The molecule has 4 nitrogen and oxygen atoms in total. The first-order valence-corrected chi connectivity index (χ1v) is 7.06. The van der Waals surface area contributed by atoms with Crippen LogP contribution in [0, 0.1) is 0 Å². The normalized spacial score (nSPS) is 11.8. The van der Waals surface area contributed by atoms with Crippen molar-refractivity contribution in [1.29, 1.82) is 0 Å². The molecule has 0 aromatic carbocycles. The topological polar surface area (TPSA) is 50.3 Å². The molecule has 1 rings (SSSR count). The van der Waals surface area contributed by atoms with Gasteiger partial charge in [-0.1, -0.05) is 0 Å². The highest BCUT2D eigenvalue weighted by molar-refractivity contribution is 9.10. The Kier molecular flexibility index (Phi) is 3.72. The molecule has 0 atom stereocenters. The van der Waals surface area contributed by atoms with Crippen LogP contribution in [-0.4, -0.2) is 25.7 Å². The third-order valence-corrected chi connectivity index (χ3v) is 3.55. The van der Waals surface area contributed by atoms with Gasteiger partial charge in [0.25, 0.3) is 0 Å². The summed E-state index contributed by atoms with van der Waals surface area (Å²) in [4.78, 5) is 3.95. The van der Waals surface area contributed by atoms with Crippen molar-refractivity contribution in [2.45, 2.75) is 19.9 Å². The molecule has 1 aromatic heterocycles. The molecular formula is C9H13BrN2O2S. The number of sulfonamides is 1. The number of pyridine rings is 1. The van der Waals surface area contributed by atoms with Crippen LogP contribution in [0.5, 0.6) is 0 Å². The van der Waals surface area contributed by atoms with E-state index in [9.17, 15) is 8.42 Å². The van der Waals surface area contributed by atoms with E-state index in [1.165, 1.54) is 16.8 Å². The number of nitrogens with zero attached hydrogens (tertiary/aromatic N) is 2. The maximum atomic E-state index is 11.6. The average Bonchev–Trinajstić information content (AvgIpc) is 1.99. The first-order valence-electron chi connectivity index (χ1n) is 4.42. The highest BCUT2D eigenvalue weighted by Crippen LogP contribution is 2.22. The molecule has 0 N–H and O–H groups in total. The zero-order valence-corrected chi connectivity index (χ0v) is 11.2. The fraction of sp³-hybridized carbons (Fsp3) is 0.444. The van der Waals surface area contributed by atoms with Gasteiger partial charge in [0.15, 0.2) is 0 Å². The molecule has 15 heavy (non-hydrogen) atoms. The van der Waals surface area contributed by atoms with Gasteiger partial charge in [0.1, 0.15) is 0 Å². The lowest BCUT2D eigenvalue weighted by atomic mass is 10.3. The van der Waals surface area contributed by atoms with Gasteiger partial charge in [-0.3, -0.25) is 9.29 Å². The Labute approximate surface area is 98.5 Å². The van der Waals surface area contributed by atoms with Crippen LogP contribution in [0.15, 0.2) is 22.9 Å². The van der Waals surface area contributed by atoms with Gasteiger partial charge in [0.05, 0.1) is 18.1 Å². The van der Waals surface area contributed by atoms with Crippen molar-refractivity contribution in [3.05, 3.63) is 22.9 Å². The molecule has 0 amide bonds. The highest BCUT2D eigenvalue weighted by atomic mass is 79.9. The molecule has 0 radical (unpaired) electrons. The zero-order chi connectivity index (χ0) is 11.6. The Hall–Kier alpha value is -0.620. The number of rotatable bonds is 3. The standard InChI is InChI=1S/C9H13BrN2O2S/c1-7(2)12(15(3,13)14)9-4-8(10)5-11-6-9/h4-7H,1-3H3. The van der Waals surface area contributed by atoms with Crippen LogP contribution in [0.1, 0.15) is 13.8 Å². The van der Waals surface area contributed by atoms with E-state index in [-0.39, 0.29) is 6.04 Å². The summed E-state index contributed by atoms with van der Waals surface area (Å²) in [6.07, 6.45) is 4.34. The van der Waals surface area contributed by atoms with E-state index >= 15 is 0 Å². The number of aromatic nitrogens is 1. The molecule has 0 fully saturated rings. The lowest BCUT2D eigenvalue weighted by molar-refractivity contribution is 0.590. The second-order valence-corrected chi connectivity index (χ2v) is 6.29. The molecule has 0 aliphatic carbocycles. The van der Waals surface area contributed by atoms with Gasteiger partial charge >= 0.3 is 0 Å². The van der Waals surface area contributed by atoms with Gasteiger partial charge in [0, 0.05) is 16.7 Å². The van der Waals surface area contributed by atoms with Crippen molar-refractivity contribution < 1.29 is 8.42 Å². The van der Waals surface area contributed by atoms with E-state index in [1.807, 2.05) is 13.8 Å². The van der Waals surface area contributed by atoms with Crippen LogP contribution in [0.4, 0.5) is 5.69 Å². The van der Waals surface area contributed by atoms with Crippen LogP contribution >= 0.6 is 15.9 Å². The molecule has 0 aliphatic rings. The number of halogens is 1. The Morgan fingerprint density at radius 2 is 2.00 bits per heavy atom. The predicted molar refractivity (Wildman–Crippen MR) is 64.4 cm³/mol. The Bertz CT molecular complexity index is 445. The molecule has 1 heterocycles. The number of hydrogen-bond acceptors (Lipinski definition) is 3. The highest BCUT2D eigenvalue weighted by Gasteiger charge is 2.20. The fourth-order valence-electron chi connectivity index (χ4n) is 1.39. The first-order chi connectivity index (χ1) is 6.82. The molecule has 0 bridgehead atoms. The number of anilines is 1. The molecule has 84 valence electrons. The van der Waals surface area contributed by atoms with E-state index in [2.05, 4.69) is 20.9 Å². The van der Waals surface area contributed by atoms with Crippen molar-refractivity contribution in [2.75, 3.05) is 10.6 Å². The monoisotopic (exact) mass is 292 g/mol. The first kappa shape index (κ1) is 12.4. The van der Waals surface area contributed by atoms with Gasteiger partial charge in [-0.2, -0.15) is 0 Å². The van der Waals surface area contributed by atoms with Gasteiger partial charge in [-0.15, -0.1) is 0 Å². The van der Waals surface area contributed by atoms with Crippen LogP contribution < -0.4 is 4.31 Å². The second kappa shape index (κ2) is 4.49. The van der Waals surface area contributed by atoms with E-state index in [4.69, 9.17) is 0 Å². The quantitative estimate of drug-likeness (QED) is 0.856. The summed E-state index contributed by atoms with van der Waals surface area (Å²) in [5.74, 6) is 0.